The molecule has 0 radical (unpaired) electrons. The topological polar surface area (TPSA) is 95.2 Å². The molecule has 7 heteroatoms. The summed E-state index contributed by atoms with van der Waals surface area (Å²) < 4.78 is 28.5. The maximum Gasteiger partial charge on any atom is 0.175 e. The van der Waals surface area contributed by atoms with Gasteiger partial charge in [0.25, 0.3) is 0 Å². The maximum atomic E-state index is 11.6. The van der Waals surface area contributed by atoms with E-state index in [0.29, 0.717) is 11.6 Å². The fourth-order valence-corrected chi connectivity index (χ4v) is 3.14. The zero-order valence-electron chi connectivity index (χ0n) is 13.8. The van der Waals surface area contributed by atoms with E-state index in [1.807, 2.05) is 12.1 Å². The van der Waals surface area contributed by atoms with Crippen LogP contribution in [0.25, 0.3) is 22.3 Å². The van der Waals surface area contributed by atoms with Crippen LogP contribution in [0.3, 0.4) is 0 Å². The van der Waals surface area contributed by atoms with E-state index in [9.17, 15) is 8.42 Å². The fraction of sp³-hybridized carbons (Fsp3) is 0.111. The number of nitrogens with two attached hydrogens (primary N) is 1. The van der Waals surface area contributed by atoms with E-state index in [1.54, 1.807) is 50.0 Å². The van der Waals surface area contributed by atoms with Crippen LogP contribution in [-0.2, 0) is 9.84 Å². The molecule has 3 rings (SSSR count). The first-order valence-electron chi connectivity index (χ1n) is 7.44. The lowest BCUT2D eigenvalue weighted by Gasteiger charge is -2.11. The van der Waals surface area contributed by atoms with Gasteiger partial charge in [-0.3, -0.25) is 4.98 Å². The average Bonchev–Trinajstić information content (AvgIpc) is 2.61. The number of pyridine rings is 2. The number of hydrogen-bond donors (Lipinski definition) is 1. The van der Waals surface area contributed by atoms with E-state index in [0.717, 1.165) is 22.3 Å². The van der Waals surface area contributed by atoms with Gasteiger partial charge in [0.15, 0.2) is 9.84 Å². The number of methoxy groups -OCH3 is 1. The van der Waals surface area contributed by atoms with Gasteiger partial charge in [-0.15, -0.1) is 0 Å². The summed E-state index contributed by atoms with van der Waals surface area (Å²) >= 11 is 0. The minimum absolute atomic E-state index is 0.274. The summed E-state index contributed by atoms with van der Waals surface area (Å²) in [4.78, 5) is 8.58. The highest BCUT2D eigenvalue weighted by Gasteiger charge is 2.12. The first-order valence-corrected chi connectivity index (χ1v) is 9.33. The molecule has 0 aliphatic rings. The highest BCUT2D eigenvalue weighted by atomic mass is 32.2. The summed E-state index contributed by atoms with van der Waals surface area (Å²) in [7, 11) is -1.66. The summed E-state index contributed by atoms with van der Waals surface area (Å²) in [5.41, 5.74) is 9.22. The van der Waals surface area contributed by atoms with Crippen LogP contribution in [0, 0.1) is 0 Å². The van der Waals surface area contributed by atoms with Crippen LogP contribution in [0.4, 0.5) is 5.82 Å². The standard InChI is InChI=1S/C18H17N3O3S/c1-24-17-11-20-8-7-15(17)16-9-13(10-21-18(16)19)12-3-5-14(6-4-12)25(2,22)23/h3-11H,1-2H3,(H2,19,21). The van der Waals surface area contributed by atoms with Crippen LogP contribution in [0.5, 0.6) is 5.75 Å². The van der Waals surface area contributed by atoms with Crippen molar-refractivity contribution in [3.05, 3.63) is 55.0 Å². The van der Waals surface area contributed by atoms with E-state index in [1.165, 1.54) is 6.26 Å². The Morgan fingerprint density at radius 3 is 2.36 bits per heavy atom. The summed E-state index contributed by atoms with van der Waals surface area (Å²) in [6, 6.07) is 10.4. The predicted molar refractivity (Wildman–Crippen MR) is 97.0 cm³/mol. The second-order valence-corrected chi connectivity index (χ2v) is 7.55. The van der Waals surface area contributed by atoms with Crippen molar-refractivity contribution in [3.63, 3.8) is 0 Å². The van der Waals surface area contributed by atoms with Crippen molar-refractivity contribution in [3.8, 4) is 28.0 Å². The van der Waals surface area contributed by atoms with Gasteiger partial charge in [0.1, 0.15) is 11.6 Å². The zero-order valence-corrected chi connectivity index (χ0v) is 14.6. The molecule has 3 aromatic rings. The maximum absolute atomic E-state index is 11.6. The third kappa shape index (κ3) is 3.46. The van der Waals surface area contributed by atoms with Gasteiger partial charge in [-0.05, 0) is 29.8 Å². The molecule has 128 valence electrons. The van der Waals surface area contributed by atoms with Crippen molar-refractivity contribution < 1.29 is 13.2 Å². The second kappa shape index (κ2) is 6.52. The Balaban J connectivity index is 2.08. The molecule has 2 aromatic heterocycles. The Hall–Kier alpha value is -2.93. The Morgan fingerprint density at radius 1 is 1.00 bits per heavy atom. The summed E-state index contributed by atoms with van der Waals surface area (Å²) in [5.74, 6) is 0.974. The predicted octanol–water partition coefficient (Wildman–Crippen LogP) is 2.80. The fourth-order valence-electron chi connectivity index (χ4n) is 2.51. The molecule has 0 aliphatic carbocycles. The van der Waals surface area contributed by atoms with Crippen molar-refractivity contribution in [2.75, 3.05) is 19.1 Å². The largest absolute Gasteiger partial charge is 0.494 e. The lowest BCUT2D eigenvalue weighted by atomic mass is 10.0. The van der Waals surface area contributed by atoms with Crippen molar-refractivity contribution >= 4 is 15.7 Å². The van der Waals surface area contributed by atoms with Crippen LogP contribution < -0.4 is 10.5 Å². The quantitative estimate of drug-likeness (QED) is 0.773. The van der Waals surface area contributed by atoms with E-state index in [-0.39, 0.29) is 4.90 Å². The number of nitrogens with zero attached hydrogens (tertiary/aromatic N) is 2. The molecule has 2 N–H and O–H groups in total. The molecule has 0 unspecified atom stereocenters. The zero-order chi connectivity index (χ0) is 18.0. The first-order chi connectivity index (χ1) is 11.9. The Morgan fingerprint density at radius 2 is 1.72 bits per heavy atom. The normalized spacial score (nSPS) is 11.3. The molecular formula is C18H17N3O3S. The van der Waals surface area contributed by atoms with Crippen molar-refractivity contribution in [1.82, 2.24) is 9.97 Å². The molecule has 0 fully saturated rings. The number of nitrogen functional groups attached to an aromatic ring is 1. The third-order valence-electron chi connectivity index (χ3n) is 3.83. The van der Waals surface area contributed by atoms with Crippen LogP contribution in [0.15, 0.2) is 59.9 Å². The van der Waals surface area contributed by atoms with Gasteiger partial charge in [-0.1, -0.05) is 12.1 Å². The molecule has 0 saturated carbocycles. The number of ether oxygens (including phenoxy) is 1. The number of hydrogen-bond acceptors (Lipinski definition) is 6. The average molecular weight is 355 g/mol. The van der Waals surface area contributed by atoms with Crippen LogP contribution >= 0.6 is 0 Å². The number of aromatic nitrogens is 2. The van der Waals surface area contributed by atoms with Crippen LogP contribution in [0.2, 0.25) is 0 Å². The van der Waals surface area contributed by atoms with Crippen molar-refractivity contribution in [1.29, 1.82) is 0 Å². The van der Waals surface area contributed by atoms with Gasteiger partial charge in [0.05, 0.1) is 18.2 Å². The molecule has 0 bridgehead atoms. The summed E-state index contributed by atoms with van der Waals surface area (Å²) in [5, 5.41) is 0. The van der Waals surface area contributed by atoms with Gasteiger partial charge in [0.2, 0.25) is 0 Å². The van der Waals surface area contributed by atoms with Gasteiger partial charge in [-0.2, -0.15) is 0 Å². The summed E-state index contributed by atoms with van der Waals surface area (Å²) in [6.07, 6.45) is 6.11. The molecular weight excluding hydrogens is 338 g/mol. The Kier molecular flexibility index (Phi) is 4.41. The van der Waals surface area contributed by atoms with E-state index < -0.39 is 9.84 Å². The van der Waals surface area contributed by atoms with E-state index >= 15 is 0 Å². The molecule has 0 spiro atoms. The first kappa shape index (κ1) is 16.9. The Bertz CT molecular complexity index is 1020. The number of anilines is 1. The minimum Gasteiger partial charge on any atom is -0.494 e. The van der Waals surface area contributed by atoms with Gasteiger partial charge >= 0.3 is 0 Å². The smallest absolute Gasteiger partial charge is 0.175 e. The van der Waals surface area contributed by atoms with E-state index in [4.69, 9.17) is 10.5 Å². The summed E-state index contributed by atoms with van der Waals surface area (Å²) in [6.45, 7) is 0. The van der Waals surface area contributed by atoms with Gasteiger partial charge in [-0.25, -0.2) is 13.4 Å². The van der Waals surface area contributed by atoms with Crippen LogP contribution in [-0.4, -0.2) is 31.8 Å². The molecule has 6 nitrogen and oxygen atoms in total. The van der Waals surface area contributed by atoms with Gasteiger partial charge in [0, 0.05) is 35.3 Å². The Labute approximate surface area is 146 Å². The third-order valence-corrected chi connectivity index (χ3v) is 4.96. The highest BCUT2D eigenvalue weighted by Crippen LogP contribution is 2.34. The van der Waals surface area contributed by atoms with Gasteiger partial charge < -0.3 is 10.5 Å². The molecule has 0 atom stereocenters. The number of benzene rings is 1. The SMILES string of the molecule is COc1cnccc1-c1cc(-c2ccc(S(C)(=O)=O)cc2)cnc1N. The van der Waals surface area contributed by atoms with E-state index in [2.05, 4.69) is 9.97 Å². The monoisotopic (exact) mass is 355 g/mol. The van der Waals surface area contributed by atoms with Crippen LogP contribution in [0.1, 0.15) is 0 Å². The lowest BCUT2D eigenvalue weighted by Crippen LogP contribution is -1.98. The number of rotatable bonds is 4. The highest BCUT2D eigenvalue weighted by molar-refractivity contribution is 7.90. The molecule has 2 heterocycles. The molecule has 25 heavy (non-hydrogen) atoms. The van der Waals surface area contributed by atoms with Crippen molar-refractivity contribution in [2.45, 2.75) is 4.90 Å². The molecule has 1 aromatic carbocycles. The lowest BCUT2D eigenvalue weighted by molar-refractivity contribution is 0.414. The minimum atomic E-state index is -3.23. The molecule has 0 aliphatic heterocycles. The molecule has 0 saturated heterocycles. The number of sulfone groups is 1. The van der Waals surface area contributed by atoms with Crippen molar-refractivity contribution in [2.24, 2.45) is 0 Å². The second-order valence-electron chi connectivity index (χ2n) is 5.53. The molecule has 0 amide bonds.